The van der Waals surface area contributed by atoms with Gasteiger partial charge in [-0.15, -0.1) is 5.10 Å². The van der Waals surface area contributed by atoms with E-state index in [9.17, 15) is 0 Å². The zero-order valence-corrected chi connectivity index (χ0v) is 8.81. The Kier molecular flexibility index (Phi) is 2.37. The Bertz CT molecular complexity index is 474. The van der Waals surface area contributed by atoms with E-state index >= 15 is 0 Å². The summed E-state index contributed by atoms with van der Waals surface area (Å²) in [5.41, 5.74) is 8.79. The van der Waals surface area contributed by atoms with Gasteiger partial charge in [0.25, 0.3) is 0 Å². The summed E-state index contributed by atoms with van der Waals surface area (Å²) in [5.74, 6) is 0.810. The van der Waals surface area contributed by atoms with Crippen molar-refractivity contribution in [2.24, 2.45) is 0 Å². The molecule has 1 aromatic heterocycles. The molecule has 0 aliphatic heterocycles. The first-order valence-corrected chi connectivity index (χ1v) is 4.74. The average molecular weight is 203 g/mol. The fourth-order valence-electron chi connectivity index (χ4n) is 1.40. The molecule has 78 valence electrons. The van der Waals surface area contributed by atoms with Crippen LogP contribution in [0.3, 0.4) is 0 Å². The molecule has 1 heterocycles. The number of nitrogens with two attached hydrogens (primary N) is 1. The third-order valence-corrected chi connectivity index (χ3v) is 2.38. The van der Waals surface area contributed by atoms with Gasteiger partial charge < -0.3 is 5.73 Å². The minimum absolute atomic E-state index is 0.681. The summed E-state index contributed by atoms with van der Waals surface area (Å²) >= 11 is 0. The highest BCUT2D eigenvalue weighted by atomic mass is 15.5. The molecule has 5 nitrogen and oxygen atoms in total. The van der Waals surface area contributed by atoms with Crippen LogP contribution in [0.2, 0.25) is 0 Å². The summed E-state index contributed by atoms with van der Waals surface area (Å²) in [7, 11) is 0. The number of hydrogen-bond donors (Lipinski definition) is 1. The fourth-order valence-corrected chi connectivity index (χ4v) is 1.40. The van der Waals surface area contributed by atoms with E-state index in [0.29, 0.717) is 6.54 Å². The molecular formula is C10H13N5. The second-order valence-electron chi connectivity index (χ2n) is 3.57. The van der Waals surface area contributed by atoms with E-state index in [-0.39, 0.29) is 0 Å². The predicted molar refractivity (Wildman–Crippen MR) is 57.2 cm³/mol. The van der Waals surface area contributed by atoms with Crippen molar-refractivity contribution in [2.75, 3.05) is 5.73 Å². The Morgan fingerprint density at radius 3 is 2.73 bits per heavy atom. The third-order valence-electron chi connectivity index (χ3n) is 2.38. The van der Waals surface area contributed by atoms with Crippen LogP contribution in [0.15, 0.2) is 18.2 Å². The molecule has 0 aliphatic rings. The predicted octanol–water partition coefficient (Wildman–Crippen LogP) is 0.920. The van der Waals surface area contributed by atoms with Crippen molar-refractivity contribution < 1.29 is 0 Å². The van der Waals surface area contributed by atoms with E-state index < -0.39 is 0 Å². The lowest BCUT2D eigenvalue weighted by Crippen LogP contribution is -2.04. The number of tetrazole rings is 1. The maximum Gasteiger partial charge on any atom is 0.148 e. The van der Waals surface area contributed by atoms with Gasteiger partial charge in [0.1, 0.15) is 5.82 Å². The molecule has 0 amide bonds. The van der Waals surface area contributed by atoms with E-state index in [2.05, 4.69) is 21.6 Å². The first-order chi connectivity index (χ1) is 7.16. The van der Waals surface area contributed by atoms with E-state index in [1.807, 2.05) is 26.0 Å². The van der Waals surface area contributed by atoms with Gasteiger partial charge >= 0.3 is 0 Å². The summed E-state index contributed by atoms with van der Waals surface area (Å²) in [6.45, 7) is 4.55. The van der Waals surface area contributed by atoms with Gasteiger partial charge in [-0.2, -0.15) is 0 Å². The normalized spacial score (nSPS) is 10.5. The number of benzene rings is 1. The maximum absolute atomic E-state index is 5.74. The van der Waals surface area contributed by atoms with Crippen molar-refractivity contribution in [2.45, 2.75) is 20.4 Å². The molecule has 0 atom stereocenters. The van der Waals surface area contributed by atoms with Crippen LogP contribution in [0.1, 0.15) is 17.0 Å². The third kappa shape index (κ3) is 1.96. The lowest BCUT2D eigenvalue weighted by atomic mass is 10.1. The Morgan fingerprint density at radius 2 is 2.13 bits per heavy atom. The van der Waals surface area contributed by atoms with Crippen LogP contribution in [0.5, 0.6) is 0 Å². The second kappa shape index (κ2) is 3.68. The minimum Gasteiger partial charge on any atom is -0.399 e. The van der Waals surface area contributed by atoms with Crippen LogP contribution >= 0.6 is 0 Å². The maximum atomic E-state index is 5.74. The van der Waals surface area contributed by atoms with E-state index in [1.54, 1.807) is 4.68 Å². The average Bonchev–Trinajstić information content (AvgIpc) is 2.59. The lowest BCUT2D eigenvalue weighted by molar-refractivity contribution is 0.633. The Balaban J connectivity index is 2.25. The number of aromatic nitrogens is 4. The van der Waals surface area contributed by atoms with Crippen molar-refractivity contribution in [3.05, 3.63) is 35.2 Å². The standard InChI is InChI=1S/C10H13N5/c1-7-5-9(3-4-10(7)11)6-15-8(2)12-13-14-15/h3-5H,6,11H2,1-2H3. The number of rotatable bonds is 2. The molecule has 0 aliphatic carbocycles. The van der Waals surface area contributed by atoms with E-state index in [0.717, 1.165) is 22.6 Å². The highest BCUT2D eigenvalue weighted by Crippen LogP contribution is 2.13. The molecule has 2 aromatic rings. The monoisotopic (exact) mass is 203 g/mol. The fraction of sp³-hybridized carbons (Fsp3) is 0.300. The second-order valence-corrected chi connectivity index (χ2v) is 3.57. The van der Waals surface area contributed by atoms with Crippen molar-refractivity contribution in [3.63, 3.8) is 0 Å². The first kappa shape index (κ1) is 9.64. The van der Waals surface area contributed by atoms with Crippen molar-refractivity contribution in [1.29, 1.82) is 0 Å². The summed E-state index contributed by atoms with van der Waals surface area (Å²) in [6.07, 6.45) is 0. The summed E-state index contributed by atoms with van der Waals surface area (Å²) in [6, 6.07) is 5.95. The zero-order valence-electron chi connectivity index (χ0n) is 8.81. The van der Waals surface area contributed by atoms with Crippen LogP contribution in [-0.2, 0) is 6.54 Å². The molecular weight excluding hydrogens is 190 g/mol. The van der Waals surface area contributed by atoms with Crippen LogP contribution in [0.25, 0.3) is 0 Å². The quantitative estimate of drug-likeness (QED) is 0.737. The van der Waals surface area contributed by atoms with Gasteiger partial charge in [-0.05, 0) is 41.5 Å². The van der Waals surface area contributed by atoms with Crippen molar-refractivity contribution in [3.8, 4) is 0 Å². The minimum atomic E-state index is 0.681. The molecule has 2 N–H and O–H groups in total. The SMILES string of the molecule is Cc1cc(Cn2nnnc2C)ccc1N. The van der Waals surface area contributed by atoms with Crippen molar-refractivity contribution in [1.82, 2.24) is 20.2 Å². The van der Waals surface area contributed by atoms with Gasteiger partial charge in [-0.3, -0.25) is 0 Å². The van der Waals surface area contributed by atoms with Crippen LogP contribution in [-0.4, -0.2) is 20.2 Å². The molecule has 0 spiro atoms. The molecule has 2 rings (SSSR count). The van der Waals surface area contributed by atoms with Gasteiger partial charge in [-0.1, -0.05) is 12.1 Å². The number of anilines is 1. The highest BCUT2D eigenvalue weighted by molar-refractivity contribution is 5.47. The molecule has 1 aromatic carbocycles. The summed E-state index contributed by atoms with van der Waals surface area (Å²) < 4.78 is 1.75. The molecule has 0 unspecified atom stereocenters. The zero-order chi connectivity index (χ0) is 10.8. The van der Waals surface area contributed by atoms with E-state index in [1.165, 1.54) is 0 Å². The lowest BCUT2D eigenvalue weighted by Gasteiger charge is -2.05. The first-order valence-electron chi connectivity index (χ1n) is 4.74. The molecule has 0 saturated heterocycles. The molecule has 5 heteroatoms. The number of nitrogen functional groups attached to an aromatic ring is 1. The molecule has 0 fully saturated rings. The largest absolute Gasteiger partial charge is 0.399 e. The van der Waals surface area contributed by atoms with E-state index in [4.69, 9.17) is 5.73 Å². The number of aryl methyl sites for hydroxylation is 2. The molecule has 0 saturated carbocycles. The smallest absolute Gasteiger partial charge is 0.148 e. The summed E-state index contributed by atoms with van der Waals surface area (Å²) in [4.78, 5) is 0. The van der Waals surface area contributed by atoms with Gasteiger partial charge in [0.15, 0.2) is 0 Å². The van der Waals surface area contributed by atoms with Gasteiger partial charge in [-0.25, -0.2) is 4.68 Å². The molecule has 0 radical (unpaired) electrons. The number of nitrogens with zero attached hydrogens (tertiary/aromatic N) is 4. The van der Waals surface area contributed by atoms with Gasteiger partial charge in [0.05, 0.1) is 6.54 Å². The summed E-state index contributed by atoms with van der Waals surface area (Å²) in [5, 5.41) is 11.3. The molecule has 15 heavy (non-hydrogen) atoms. The van der Waals surface area contributed by atoms with Gasteiger partial charge in [0, 0.05) is 5.69 Å². The Labute approximate surface area is 87.9 Å². The van der Waals surface area contributed by atoms with Crippen LogP contribution < -0.4 is 5.73 Å². The van der Waals surface area contributed by atoms with Crippen LogP contribution in [0.4, 0.5) is 5.69 Å². The topological polar surface area (TPSA) is 69.6 Å². The van der Waals surface area contributed by atoms with Crippen molar-refractivity contribution >= 4 is 5.69 Å². The van der Waals surface area contributed by atoms with Gasteiger partial charge in [0.2, 0.25) is 0 Å². The van der Waals surface area contributed by atoms with Crippen LogP contribution in [0, 0.1) is 13.8 Å². The highest BCUT2D eigenvalue weighted by Gasteiger charge is 2.02. The Hall–Kier alpha value is -1.91. The molecule has 0 bridgehead atoms. The number of hydrogen-bond acceptors (Lipinski definition) is 4. The Morgan fingerprint density at radius 1 is 1.33 bits per heavy atom.